The number of carbonyl (C=O) groups excluding carboxylic acids is 1. The van der Waals surface area contributed by atoms with E-state index in [1.165, 1.54) is 0 Å². The Hall–Kier alpha value is -2.13. The second kappa shape index (κ2) is 4.18. The third-order valence-corrected chi connectivity index (χ3v) is 4.13. The minimum atomic E-state index is -0.263. The molecule has 20 heavy (non-hydrogen) atoms. The molecule has 0 unspecified atom stereocenters. The van der Waals surface area contributed by atoms with Crippen molar-refractivity contribution in [2.24, 2.45) is 0 Å². The highest BCUT2D eigenvalue weighted by molar-refractivity contribution is 6.03. The van der Waals surface area contributed by atoms with Gasteiger partial charge in [-0.25, -0.2) is 0 Å². The summed E-state index contributed by atoms with van der Waals surface area (Å²) in [5.41, 5.74) is 3.94. The summed E-state index contributed by atoms with van der Waals surface area (Å²) in [6, 6.07) is 16.0. The maximum Gasteiger partial charge on any atom is 0.257 e. The third-order valence-electron chi connectivity index (χ3n) is 4.13. The van der Waals surface area contributed by atoms with E-state index in [1.807, 2.05) is 48.2 Å². The topological polar surface area (TPSA) is 29.5 Å². The van der Waals surface area contributed by atoms with Crippen LogP contribution in [-0.2, 0) is 4.74 Å². The first kappa shape index (κ1) is 11.7. The van der Waals surface area contributed by atoms with Gasteiger partial charge in [-0.2, -0.15) is 0 Å². The van der Waals surface area contributed by atoms with E-state index in [9.17, 15) is 4.79 Å². The SMILES string of the molecule is C[C@H]1CO[C@H]2c3ccccc3-c3ccccc3C(=O)N12. The van der Waals surface area contributed by atoms with Gasteiger partial charge in [0.1, 0.15) is 0 Å². The number of carbonyl (C=O) groups is 1. The van der Waals surface area contributed by atoms with Gasteiger partial charge in [-0.05, 0) is 24.1 Å². The maximum atomic E-state index is 12.8. The van der Waals surface area contributed by atoms with Crippen LogP contribution in [0.2, 0.25) is 0 Å². The Kier molecular flexibility index (Phi) is 2.44. The summed E-state index contributed by atoms with van der Waals surface area (Å²) >= 11 is 0. The van der Waals surface area contributed by atoms with Gasteiger partial charge in [-0.15, -0.1) is 0 Å². The molecule has 2 aliphatic rings. The van der Waals surface area contributed by atoms with Gasteiger partial charge in [0.2, 0.25) is 0 Å². The van der Waals surface area contributed by atoms with Gasteiger partial charge in [0.25, 0.3) is 5.91 Å². The summed E-state index contributed by atoms with van der Waals surface area (Å²) in [6.07, 6.45) is -0.263. The Bertz CT molecular complexity index is 695. The molecule has 0 radical (unpaired) electrons. The standard InChI is InChI=1S/C17H15NO2/c1-11-10-20-17-15-9-5-3-7-13(15)12-6-2-4-8-14(12)16(19)18(11)17/h2-9,11,17H,10H2,1H3/t11-,17-/m0/s1. The average Bonchev–Trinajstić information content (AvgIpc) is 2.83. The molecule has 3 nitrogen and oxygen atoms in total. The molecule has 2 aliphatic heterocycles. The lowest BCUT2D eigenvalue weighted by molar-refractivity contribution is 0.0261. The van der Waals surface area contributed by atoms with E-state index in [0.29, 0.717) is 6.61 Å². The van der Waals surface area contributed by atoms with Crippen LogP contribution in [0.3, 0.4) is 0 Å². The number of nitrogens with zero attached hydrogens (tertiary/aromatic N) is 1. The lowest BCUT2D eigenvalue weighted by Crippen LogP contribution is -2.35. The smallest absolute Gasteiger partial charge is 0.257 e. The molecular weight excluding hydrogens is 250 g/mol. The van der Waals surface area contributed by atoms with Crippen molar-refractivity contribution >= 4 is 5.91 Å². The largest absolute Gasteiger partial charge is 0.352 e. The number of rotatable bonds is 0. The van der Waals surface area contributed by atoms with Crippen LogP contribution in [0, 0.1) is 0 Å². The molecule has 2 atom stereocenters. The van der Waals surface area contributed by atoms with E-state index in [2.05, 4.69) is 12.1 Å². The van der Waals surface area contributed by atoms with Gasteiger partial charge in [-0.1, -0.05) is 42.5 Å². The second-order valence-corrected chi connectivity index (χ2v) is 5.38. The highest BCUT2D eigenvalue weighted by Gasteiger charge is 2.40. The van der Waals surface area contributed by atoms with E-state index < -0.39 is 0 Å². The summed E-state index contributed by atoms with van der Waals surface area (Å²) in [4.78, 5) is 14.7. The van der Waals surface area contributed by atoms with Crippen molar-refractivity contribution in [3.05, 3.63) is 59.7 Å². The molecule has 0 aromatic heterocycles. The fourth-order valence-electron chi connectivity index (χ4n) is 3.17. The molecule has 100 valence electrons. The first-order valence-electron chi connectivity index (χ1n) is 6.90. The number of benzene rings is 2. The first-order valence-corrected chi connectivity index (χ1v) is 6.90. The van der Waals surface area contributed by atoms with Crippen molar-refractivity contribution in [3.8, 4) is 11.1 Å². The van der Waals surface area contributed by atoms with Crippen molar-refractivity contribution in [1.82, 2.24) is 4.90 Å². The fourth-order valence-corrected chi connectivity index (χ4v) is 3.17. The molecule has 4 rings (SSSR count). The number of amides is 1. The Morgan fingerprint density at radius 2 is 1.65 bits per heavy atom. The maximum absolute atomic E-state index is 12.8. The van der Waals surface area contributed by atoms with Crippen LogP contribution in [0.15, 0.2) is 48.5 Å². The molecule has 1 amide bonds. The molecule has 2 heterocycles. The van der Waals surface area contributed by atoms with Crippen LogP contribution in [0.4, 0.5) is 0 Å². The number of hydrogen-bond acceptors (Lipinski definition) is 2. The molecule has 0 N–H and O–H groups in total. The summed E-state index contributed by atoms with van der Waals surface area (Å²) in [7, 11) is 0. The number of hydrogen-bond donors (Lipinski definition) is 0. The quantitative estimate of drug-likeness (QED) is 0.732. The first-order chi connectivity index (χ1) is 9.77. The van der Waals surface area contributed by atoms with Crippen LogP contribution in [-0.4, -0.2) is 23.5 Å². The Balaban J connectivity index is 2.04. The third kappa shape index (κ3) is 1.47. The zero-order valence-corrected chi connectivity index (χ0v) is 11.2. The molecule has 0 bridgehead atoms. The van der Waals surface area contributed by atoms with Crippen LogP contribution in [0.25, 0.3) is 11.1 Å². The van der Waals surface area contributed by atoms with E-state index in [1.54, 1.807) is 0 Å². The van der Waals surface area contributed by atoms with Crippen LogP contribution < -0.4 is 0 Å². The van der Waals surface area contributed by atoms with Gasteiger partial charge in [0.15, 0.2) is 6.23 Å². The Labute approximate surface area is 117 Å². The number of fused-ring (bicyclic) bond motifs is 5. The zero-order chi connectivity index (χ0) is 13.7. The lowest BCUT2D eigenvalue weighted by Gasteiger charge is -2.25. The van der Waals surface area contributed by atoms with Crippen molar-refractivity contribution in [2.75, 3.05) is 6.61 Å². The minimum absolute atomic E-state index is 0.0619. The lowest BCUT2D eigenvalue weighted by atomic mass is 9.96. The van der Waals surface area contributed by atoms with Gasteiger partial charge >= 0.3 is 0 Å². The average molecular weight is 265 g/mol. The monoisotopic (exact) mass is 265 g/mol. The Morgan fingerprint density at radius 1 is 1.00 bits per heavy atom. The molecule has 1 fully saturated rings. The molecule has 2 aromatic rings. The molecule has 0 saturated carbocycles. The summed E-state index contributed by atoms with van der Waals surface area (Å²) in [6.45, 7) is 2.63. The Morgan fingerprint density at radius 3 is 2.45 bits per heavy atom. The molecule has 2 aromatic carbocycles. The van der Waals surface area contributed by atoms with Gasteiger partial charge < -0.3 is 9.64 Å². The highest BCUT2D eigenvalue weighted by atomic mass is 16.5. The van der Waals surface area contributed by atoms with Crippen LogP contribution in [0.1, 0.15) is 29.1 Å². The van der Waals surface area contributed by atoms with Crippen LogP contribution >= 0.6 is 0 Å². The predicted molar refractivity (Wildman–Crippen MR) is 76.2 cm³/mol. The van der Waals surface area contributed by atoms with E-state index in [4.69, 9.17) is 4.74 Å². The molecule has 0 aliphatic carbocycles. The fraction of sp³-hybridized carbons (Fsp3) is 0.235. The van der Waals surface area contributed by atoms with Crippen molar-refractivity contribution in [2.45, 2.75) is 19.2 Å². The molecule has 1 saturated heterocycles. The molecule has 3 heteroatoms. The summed E-state index contributed by atoms with van der Waals surface area (Å²) in [5.74, 6) is 0.0619. The van der Waals surface area contributed by atoms with Crippen molar-refractivity contribution < 1.29 is 9.53 Å². The van der Waals surface area contributed by atoms with Crippen LogP contribution in [0.5, 0.6) is 0 Å². The predicted octanol–water partition coefficient (Wildman–Crippen LogP) is 3.23. The highest BCUT2D eigenvalue weighted by Crippen LogP contribution is 2.42. The second-order valence-electron chi connectivity index (χ2n) is 5.38. The zero-order valence-electron chi connectivity index (χ0n) is 11.2. The summed E-state index contributed by atoms with van der Waals surface area (Å²) < 4.78 is 5.88. The molecule has 0 spiro atoms. The van der Waals surface area contributed by atoms with Gasteiger partial charge in [0, 0.05) is 11.1 Å². The van der Waals surface area contributed by atoms with E-state index >= 15 is 0 Å². The van der Waals surface area contributed by atoms with Crippen molar-refractivity contribution in [1.29, 1.82) is 0 Å². The summed E-state index contributed by atoms with van der Waals surface area (Å²) in [5, 5.41) is 0. The van der Waals surface area contributed by atoms with Crippen molar-refractivity contribution in [3.63, 3.8) is 0 Å². The van der Waals surface area contributed by atoms with Gasteiger partial charge in [-0.3, -0.25) is 4.79 Å². The van der Waals surface area contributed by atoms with E-state index in [0.717, 1.165) is 22.3 Å². The molecular formula is C17H15NO2. The van der Waals surface area contributed by atoms with Gasteiger partial charge in [0.05, 0.1) is 12.6 Å². The minimum Gasteiger partial charge on any atom is -0.352 e. The van der Waals surface area contributed by atoms with E-state index in [-0.39, 0.29) is 18.2 Å². The normalized spacial score (nSPS) is 23.9. The number of ether oxygens (including phenoxy) is 1.